The quantitative estimate of drug-likeness (QED) is 0.412. The van der Waals surface area contributed by atoms with Crippen LogP contribution in [0, 0.1) is 56.7 Å². The van der Waals surface area contributed by atoms with E-state index in [-0.39, 0.29) is 39.6 Å². The van der Waals surface area contributed by atoms with E-state index in [0.29, 0.717) is 29.5 Å². The lowest BCUT2D eigenvalue weighted by Crippen LogP contribution is -2.65. The summed E-state index contributed by atoms with van der Waals surface area (Å²) in [6.07, 6.45) is 14.0. The number of aldehydes is 1. The van der Waals surface area contributed by atoms with Gasteiger partial charge in [0.15, 0.2) is 5.78 Å². The molecular weight excluding hydrogens is 408 g/mol. The highest BCUT2D eigenvalue weighted by Crippen LogP contribution is 2.76. The molecule has 0 aromatic heterocycles. The normalized spacial score (nSPS) is 52.3. The largest absolute Gasteiger partial charge is 0.396 e. The molecule has 0 bridgehead atoms. The Kier molecular flexibility index (Phi) is 5.10. The van der Waals surface area contributed by atoms with E-state index in [1.807, 2.05) is 6.08 Å². The molecule has 0 aromatic rings. The van der Waals surface area contributed by atoms with Crippen molar-refractivity contribution in [2.45, 2.75) is 86.0 Å². The Morgan fingerprint density at radius 2 is 1.73 bits per heavy atom. The zero-order valence-corrected chi connectivity index (χ0v) is 21.5. The van der Waals surface area contributed by atoms with Gasteiger partial charge in [-0.25, -0.2) is 0 Å². The van der Waals surface area contributed by atoms with E-state index < -0.39 is 0 Å². The maximum Gasteiger partial charge on any atom is 0.161 e. The minimum Gasteiger partial charge on any atom is -0.396 e. The van der Waals surface area contributed by atoms with Crippen molar-refractivity contribution >= 4 is 12.1 Å². The number of carbonyl (C=O) groups is 2. The molecule has 5 rings (SSSR count). The second-order valence-electron chi connectivity index (χ2n) is 13.8. The van der Waals surface area contributed by atoms with E-state index in [2.05, 4.69) is 47.3 Å². The maximum atomic E-state index is 12.8. The number of allylic oxidation sites excluding steroid dienone is 3. The second-order valence-corrected chi connectivity index (χ2v) is 13.8. The van der Waals surface area contributed by atoms with Gasteiger partial charge in [-0.15, -0.1) is 0 Å². The van der Waals surface area contributed by atoms with E-state index in [4.69, 9.17) is 0 Å². The molecular formula is C30H44O3. The Bertz CT molecular complexity index is 916. The Morgan fingerprint density at radius 3 is 2.39 bits per heavy atom. The zero-order valence-electron chi connectivity index (χ0n) is 21.5. The molecule has 3 nitrogen and oxygen atoms in total. The van der Waals surface area contributed by atoms with Gasteiger partial charge < -0.3 is 5.11 Å². The van der Waals surface area contributed by atoms with Gasteiger partial charge in [0.25, 0.3) is 0 Å². The number of aliphatic hydroxyl groups is 1. The monoisotopic (exact) mass is 452 g/mol. The first kappa shape index (κ1) is 23.5. The first-order chi connectivity index (χ1) is 15.4. The van der Waals surface area contributed by atoms with E-state index in [1.54, 1.807) is 0 Å². The molecule has 4 fully saturated rings. The number of carbonyl (C=O) groups excluding carboxylic acids is 2. The topological polar surface area (TPSA) is 54.4 Å². The number of hydrogen-bond donors (Lipinski definition) is 1. The van der Waals surface area contributed by atoms with Gasteiger partial charge in [0, 0.05) is 12.0 Å². The first-order valence-electron chi connectivity index (χ1n) is 13.4. The van der Waals surface area contributed by atoms with Crippen LogP contribution in [-0.2, 0) is 9.59 Å². The SMILES string of the molecule is C=C(C=O)[C@@H]1CC[C@]2(CO)CC[C@]3(C)[C@H](CC[C@@H]4[C@@]5(C)C=CC(=O)C(C)(C)[C@@H]5CC[C@]43C)[C@@H]12. The van der Waals surface area contributed by atoms with Crippen LogP contribution in [0.1, 0.15) is 86.0 Å². The summed E-state index contributed by atoms with van der Waals surface area (Å²) in [5, 5.41) is 10.6. The van der Waals surface area contributed by atoms with Crippen LogP contribution in [-0.4, -0.2) is 23.8 Å². The molecule has 9 atom stereocenters. The van der Waals surface area contributed by atoms with E-state index in [0.717, 1.165) is 50.4 Å². The molecule has 0 saturated heterocycles. The third kappa shape index (κ3) is 2.72. The van der Waals surface area contributed by atoms with Gasteiger partial charge in [0.05, 0.1) is 0 Å². The number of aliphatic hydroxyl groups excluding tert-OH is 1. The summed E-state index contributed by atoms with van der Waals surface area (Å²) in [7, 11) is 0. The molecule has 0 spiro atoms. The van der Waals surface area contributed by atoms with Crippen LogP contribution >= 0.6 is 0 Å². The lowest BCUT2D eigenvalue weighted by molar-refractivity contribution is -0.221. The highest BCUT2D eigenvalue weighted by Gasteiger charge is 2.70. The number of rotatable bonds is 3. The molecule has 0 aromatic carbocycles. The van der Waals surface area contributed by atoms with Crippen LogP contribution in [0.15, 0.2) is 24.3 Å². The molecule has 5 aliphatic rings. The molecule has 0 unspecified atom stereocenters. The highest BCUT2D eigenvalue weighted by atomic mass is 16.3. The van der Waals surface area contributed by atoms with E-state index in [1.165, 1.54) is 12.8 Å². The summed E-state index contributed by atoms with van der Waals surface area (Å²) >= 11 is 0. The van der Waals surface area contributed by atoms with Crippen LogP contribution < -0.4 is 0 Å². The minimum atomic E-state index is -0.292. The van der Waals surface area contributed by atoms with Crippen LogP contribution in [0.2, 0.25) is 0 Å². The Hall–Kier alpha value is -1.22. The first-order valence-corrected chi connectivity index (χ1v) is 13.4. The molecule has 4 saturated carbocycles. The highest BCUT2D eigenvalue weighted by molar-refractivity contribution is 5.95. The zero-order chi connectivity index (χ0) is 24.0. The van der Waals surface area contributed by atoms with Gasteiger partial charge in [0.1, 0.15) is 6.29 Å². The molecule has 0 amide bonds. The molecule has 33 heavy (non-hydrogen) atoms. The average Bonchev–Trinajstić information content (AvgIpc) is 3.17. The van der Waals surface area contributed by atoms with E-state index in [9.17, 15) is 14.7 Å². The third-order valence-electron chi connectivity index (χ3n) is 12.8. The predicted molar refractivity (Wildman–Crippen MR) is 131 cm³/mol. The smallest absolute Gasteiger partial charge is 0.161 e. The lowest BCUT2D eigenvalue weighted by Gasteiger charge is -2.71. The standard InChI is InChI=1S/C30H44O3/c1-19(17-31)20-9-14-30(18-32)16-15-28(5)21(25(20)30)7-8-23-27(4)12-11-24(33)26(2,3)22(27)10-13-29(23,28)6/h11-12,17,20-23,25,32H,1,7-10,13-16,18H2,2-6H3/t20-,21+,22-,23+,25+,27-,28+,29+,30+/m0/s1. The molecule has 0 aliphatic heterocycles. The molecule has 182 valence electrons. The van der Waals surface area contributed by atoms with Gasteiger partial charge in [-0.2, -0.15) is 0 Å². The van der Waals surface area contributed by atoms with Crippen molar-refractivity contribution in [1.82, 2.24) is 0 Å². The van der Waals surface area contributed by atoms with Gasteiger partial charge in [0.2, 0.25) is 0 Å². The van der Waals surface area contributed by atoms with Crippen LogP contribution in [0.3, 0.4) is 0 Å². The second kappa shape index (κ2) is 7.15. The number of fused-ring (bicyclic) bond motifs is 7. The van der Waals surface area contributed by atoms with Crippen molar-refractivity contribution < 1.29 is 14.7 Å². The molecule has 0 radical (unpaired) electrons. The van der Waals surface area contributed by atoms with Crippen molar-refractivity contribution in [3.63, 3.8) is 0 Å². The van der Waals surface area contributed by atoms with Crippen LogP contribution in [0.25, 0.3) is 0 Å². The molecule has 1 N–H and O–H groups in total. The number of ketones is 1. The van der Waals surface area contributed by atoms with Gasteiger partial charge in [-0.3, -0.25) is 9.59 Å². The van der Waals surface area contributed by atoms with Gasteiger partial charge in [-0.05, 0) is 114 Å². The number of hydrogen-bond acceptors (Lipinski definition) is 3. The average molecular weight is 453 g/mol. The summed E-state index contributed by atoms with van der Waals surface area (Å²) in [6.45, 7) is 16.3. The van der Waals surface area contributed by atoms with Gasteiger partial charge >= 0.3 is 0 Å². The van der Waals surface area contributed by atoms with Crippen molar-refractivity contribution in [2.75, 3.05) is 6.61 Å². The lowest BCUT2D eigenvalue weighted by atomic mass is 9.33. The maximum absolute atomic E-state index is 12.8. The fraction of sp³-hybridized carbons (Fsp3) is 0.800. The predicted octanol–water partition coefficient (Wildman–Crippen LogP) is 6.16. The summed E-state index contributed by atoms with van der Waals surface area (Å²) in [5.74, 6) is 2.35. The minimum absolute atomic E-state index is 0.0375. The summed E-state index contributed by atoms with van der Waals surface area (Å²) < 4.78 is 0. The van der Waals surface area contributed by atoms with E-state index >= 15 is 0 Å². The van der Waals surface area contributed by atoms with Gasteiger partial charge in [-0.1, -0.05) is 47.3 Å². The van der Waals surface area contributed by atoms with Crippen molar-refractivity contribution in [3.8, 4) is 0 Å². The Labute approximate surface area is 200 Å². The summed E-state index contributed by atoms with van der Waals surface area (Å²) in [5.41, 5.74) is 0.838. The molecule has 5 aliphatic carbocycles. The van der Waals surface area contributed by atoms with Crippen molar-refractivity contribution in [1.29, 1.82) is 0 Å². The molecule has 0 heterocycles. The van der Waals surface area contributed by atoms with Crippen LogP contribution in [0.4, 0.5) is 0 Å². The van der Waals surface area contributed by atoms with Crippen molar-refractivity contribution in [3.05, 3.63) is 24.3 Å². The Balaban J connectivity index is 1.58. The Morgan fingerprint density at radius 1 is 1.00 bits per heavy atom. The summed E-state index contributed by atoms with van der Waals surface area (Å²) in [4.78, 5) is 24.6. The molecule has 3 heteroatoms. The van der Waals surface area contributed by atoms with Crippen molar-refractivity contribution in [2.24, 2.45) is 56.7 Å². The van der Waals surface area contributed by atoms with Crippen LogP contribution in [0.5, 0.6) is 0 Å². The summed E-state index contributed by atoms with van der Waals surface area (Å²) in [6, 6.07) is 0. The fourth-order valence-electron chi connectivity index (χ4n) is 10.8. The fourth-order valence-corrected chi connectivity index (χ4v) is 10.8. The third-order valence-corrected chi connectivity index (χ3v) is 12.8.